The van der Waals surface area contributed by atoms with Crippen molar-refractivity contribution in [2.75, 3.05) is 59.4 Å². The minimum absolute atomic E-state index is 0.0486. The van der Waals surface area contributed by atoms with Crippen molar-refractivity contribution in [1.29, 1.82) is 0 Å². The first-order valence-corrected chi connectivity index (χ1v) is 29.4. The van der Waals surface area contributed by atoms with Crippen LogP contribution in [-0.2, 0) is 80.7 Å². The number of carbonyl (C=O) groups is 3. The minimum Gasteiger partial charge on any atom is -0.477 e. The zero-order chi connectivity index (χ0) is 68.8. The number of aliphatic hydroxyl groups excluding tert-OH is 21. The number of hydrogen-bond acceptors (Lipinski definition) is 39. The standard InChI is InChI=1S/C51H87N3O39/c1-13(61)53-23-15(63)5-51(50(78)79,92-41(23)25(65)16(64)6-55)93-42-28(68)18(8-57)83-48(36(42)76)88-38-19(9-58)84-44(24(29(38)69)54-14(2)62)81-12-22-27(67)31(71)34(74)47(87-22)90-40-21(11-60)86-49(89-39-20(10-59)85-45(80-4-3-52)35(75)32(39)72)37(77)43(40)91-46-33(73)30(70)26(66)17(7-56)82-46/h15-49,55-60,63-77H,3-12,52H2,1-2H3,(H,53,61)(H,54,62)(H,78,79)/t15-,16+,17+,18+,19+,20+,21+,22+,23+,24+,25+,26+,27+,28-,29+,30-,31-,32+,33+,34+,35+,36+,37+,38+,39+,40-,41+,42-,43+,44+,45+,46-,47+,48-,49-,51-/m0/s1. The predicted octanol–water partition coefficient (Wildman–Crippen LogP) is -16.8. The number of amides is 2. The molecule has 0 unspecified atom stereocenters. The van der Waals surface area contributed by atoms with Crippen molar-refractivity contribution in [2.45, 2.75) is 241 Å². The van der Waals surface area contributed by atoms with Crippen LogP contribution in [0.15, 0.2) is 0 Å². The maximum absolute atomic E-state index is 13.1. The van der Waals surface area contributed by atoms with E-state index in [-0.39, 0.29) is 13.2 Å². The van der Waals surface area contributed by atoms with Gasteiger partial charge in [-0.15, -0.1) is 0 Å². The Labute approximate surface area is 526 Å². The van der Waals surface area contributed by atoms with E-state index < -0.39 is 291 Å². The molecule has 42 nitrogen and oxygen atoms in total. The third-order valence-electron chi connectivity index (χ3n) is 16.7. The average molecular weight is 1370 g/mol. The van der Waals surface area contributed by atoms with Gasteiger partial charge in [-0.2, -0.15) is 0 Å². The number of carboxylic acids is 1. The van der Waals surface area contributed by atoms with Crippen LogP contribution >= 0.6 is 0 Å². The second kappa shape index (κ2) is 33.7. The van der Waals surface area contributed by atoms with Crippen molar-refractivity contribution in [3.63, 3.8) is 0 Å². The van der Waals surface area contributed by atoms with Crippen LogP contribution < -0.4 is 16.4 Å². The van der Waals surface area contributed by atoms with Gasteiger partial charge in [0.25, 0.3) is 5.79 Å². The van der Waals surface area contributed by atoms with Crippen LogP contribution in [0, 0.1) is 0 Å². The van der Waals surface area contributed by atoms with Gasteiger partial charge < -0.3 is 195 Å². The fourth-order valence-corrected chi connectivity index (χ4v) is 11.7. The topological polar surface area (TPSA) is 676 Å². The molecule has 7 aliphatic heterocycles. The Balaban J connectivity index is 1.10. The maximum Gasteiger partial charge on any atom is 0.364 e. The lowest BCUT2D eigenvalue weighted by Crippen LogP contribution is -2.71. The number of nitrogens with two attached hydrogens (primary N) is 1. The second-order valence-corrected chi connectivity index (χ2v) is 23.1. The van der Waals surface area contributed by atoms with E-state index in [0.29, 0.717) is 0 Å². The van der Waals surface area contributed by atoms with Crippen molar-refractivity contribution in [2.24, 2.45) is 5.73 Å². The van der Waals surface area contributed by atoms with E-state index in [1.165, 1.54) is 0 Å². The molecule has 7 heterocycles. The number of hydrogen-bond donors (Lipinski definition) is 25. The lowest BCUT2D eigenvalue weighted by molar-refractivity contribution is -0.400. The highest BCUT2D eigenvalue weighted by molar-refractivity contribution is 5.76. The van der Waals surface area contributed by atoms with E-state index in [9.17, 15) is 127 Å². The van der Waals surface area contributed by atoms with Crippen LogP contribution in [0.2, 0.25) is 0 Å². The molecule has 7 fully saturated rings. The molecule has 36 atom stereocenters. The summed E-state index contributed by atoms with van der Waals surface area (Å²) in [6.45, 7) is -5.76. The molecule has 2 amide bonds. The first kappa shape index (κ1) is 77.3. The normalized spacial score (nSPS) is 47.3. The lowest BCUT2D eigenvalue weighted by atomic mass is 9.88. The molecule has 0 aromatic rings. The number of rotatable bonds is 27. The molecule has 7 saturated heterocycles. The molecule has 7 rings (SSSR count). The van der Waals surface area contributed by atoms with Gasteiger partial charge in [0.05, 0.1) is 65.0 Å². The molecule has 42 heteroatoms. The number of carboxylic acid groups (broad SMARTS) is 1. The van der Waals surface area contributed by atoms with Crippen LogP contribution in [0.5, 0.6) is 0 Å². The first-order valence-electron chi connectivity index (χ1n) is 29.4. The Morgan fingerprint density at radius 1 is 0.473 bits per heavy atom. The fraction of sp³-hybridized carbons (Fsp3) is 0.941. The van der Waals surface area contributed by atoms with Gasteiger partial charge >= 0.3 is 5.97 Å². The van der Waals surface area contributed by atoms with Gasteiger partial charge in [-0.1, -0.05) is 0 Å². The summed E-state index contributed by atoms with van der Waals surface area (Å²) in [7, 11) is 0. The highest BCUT2D eigenvalue weighted by Gasteiger charge is 2.62. The highest BCUT2D eigenvalue weighted by atomic mass is 16.8. The van der Waals surface area contributed by atoms with Gasteiger partial charge in [0.15, 0.2) is 37.7 Å². The van der Waals surface area contributed by atoms with Gasteiger partial charge in [-0.05, 0) is 0 Å². The molecule has 93 heavy (non-hydrogen) atoms. The second-order valence-electron chi connectivity index (χ2n) is 23.1. The fourth-order valence-electron chi connectivity index (χ4n) is 11.7. The number of carbonyl (C=O) groups excluding carboxylic acids is 2. The van der Waals surface area contributed by atoms with Crippen molar-refractivity contribution in [1.82, 2.24) is 10.6 Å². The molecule has 0 bridgehead atoms. The van der Waals surface area contributed by atoms with E-state index in [2.05, 4.69) is 10.6 Å². The molecule has 0 aliphatic carbocycles. The average Bonchev–Trinajstić information content (AvgIpc) is 0.764. The summed E-state index contributed by atoms with van der Waals surface area (Å²) in [5, 5.41) is 244. The summed E-state index contributed by atoms with van der Waals surface area (Å²) in [5.41, 5.74) is 5.48. The van der Waals surface area contributed by atoms with Gasteiger partial charge in [0.1, 0.15) is 165 Å². The minimum atomic E-state index is -3.22. The number of aliphatic carboxylic acids is 1. The van der Waals surface area contributed by atoms with Crippen LogP contribution in [0.25, 0.3) is 0 Å². The van der Waals surface area contributed by atoms with E-state index in [1.807, 2.05) is 0 Å². The third kappa shape index (κ3) is 17.0. The van der Waals surface area contributed by atoms with Gasteiger partial charge in [-0.3, -0.25) is 9.59 Å². The SMILES string of the molecule is CC(=O)N[C@H]1[C@H](OC[C@H]2O[C@H](O[C@@H]3[C@H](O[C@@H]4O[C@H](CO)[C@@H](O)[C@H](O)[C@H]4O)[C@@H](O)[C@H](O[C@H]4[C@H](O)[C@@H](O)[C@H](OCCN)O[C@@H]4CO)O[C@@H]3CO)[C@H](O)[C@@H](O)[C@@H]2O)O[C@H](CO)[C@@H](O[C@@H]2O[C@H](CO)[C@H](O)[C@H](O[C@]3(C(=O)O)C[C@H](O)[C@@H](NC(C)=O)[C@H]([C@H](O)[C@H](O)CO)O3)[C@H]2O)[C@@H]1O. The molecule has 0 aromatic heterocycles. The number of ether oxygens (including phenoxy) is 14. The van der Waals surface area contributed by atoms with E-state index >= 15 is 0 Å². The summed E-state index contributed by atoms with van der Waals surface area (Å²) in [4.78, 5) is 37.9. The summed E-state index contributed by atoms with van der Waals surface area (Å²) in [6.07, 6.45) is -68.7. The molecule has 0 radical (unpaired) electrons. The molecule has 7 aliphatic rings. The van der Waals surface area contributed by atoms with Crippen molar-refractivity contribution in [3.05, 3.63) is 0 Å². The molecule has 26 N–H and O–H groups in total. The molecule has 0 aromatic carbocycles. The summed E-state index contributed by atoms with van der Waals surface area (Å²) in [6, 6.07) is -3.52. The zero-order valence-electron chi connectivity index (χ0n) is 49.6. The first-order chi connectivity index (χ1) is 44.0. The third-order valence-corrected chi connectivity index (χ3v) is 16.7. The quantitative estimate of drug-likeness (QED) is 0.0363. The molecule has 0 spiro atoms. The highest BCUT2D eigenvalue weighted by Crippen LogP contribution is 2.40. The zero-order valence-corrected chi connectivity index (χ0v) is 49.6. The van der Waals surface area contributed by atoms with Crippen LogP contribution in [0.3, 0.4) is 0 Å². The molecule has 0 saturated carbocycles. The van der Waals surface area contributed by atoms with Crippen molar-refractivity contribution < 1.29 is 193 Å². The summed E-state index contributed by atoms with van der Waals surface area (Å²) >= 11 is 0. The Bertz CT molecular complexity index is 2350. The predicted molar refractivity (Wildman–Crippen MR) is 285 cm³/mol. The molecule has 540 valence electrons. The van der Waals surface area contributed by atoms with E-state index in [4.69, 9.17) is 72.0 Å². The van der Waals surface area contributed by atoms with Gasteiger partial charge in [0.2, 0.25) is 11.8 Å². The summed E-state index contributed by atoms with van der Waals surface area (Å²) < 4.78 is 80.5. The molecular formula is C51H87N3O39. The Kier molecular flexibility index (Phi) is 28.0. The van der Waals surface area contributed by atoms with E-state index in [0.717, 1.165) is 13.8 Å². The van der Waals surface area contributed by atoms with Crippen LogP contribution in [-0.4, -0.2) is 410 Å². The maximum atomic E-state index is 13.1. The lowest BCUT2D eigenvalue weighted by Gasteiger charge is -2.51. The van der Waals surface area contributed by atoms with Gasteiger partial charge in [0, 0.05) is 26.8 Å². The Morgan fingerprint density at radius 3 is 1.41 bits per heavy atom. The Hall–Kier alpha value is -3.03. The Morgan fingerprint density at radius 2 is 0.892 bits per heavy atom. The summed E-state index contributed by atoms with van der Waals surface area (Å²) in [5.74, 6) is -7.06. The van der Waals surface area contributed by atoms with Crippen LogP contribution in [0.4, 0.5) is 0 Å². The monoisotopic (exact) mass is 1370 g/mol. The number of aliphatic hydroxyl groups is 21. The largest absolute Gasteiger partial charge is 0.477 e. The van der Waals surface area contributed by atoms with Crippen molar-refractivity contribution in [3.8, 4) is 0 Å². The van der Waals surface area contributed by atoms with E-state index in [1.54, 1.807) is 0 Å². The van der Waals surface area contributed by atoms with Crippen LogP contribution in [0.1, 0.15) is 20.3 Å². The molecular weight excluding hydrogens is 1280 g/mol. The number of nitrogens with one attached hydrogen (secondary N) is 2. The van der Waals surface area contributed by atoms with Crippen molar-refractivity contribution >= 4 is 17.8 Å². The van der Waals surface area contributed by atoms with Gasteiger partial charge in [-0.25, -0.2) is 4.79 Å². The smallest absolute Gasteiger partial charge is 0.364 e.